The topological polar surface area (TPSA) is 140 Å². The van der Waals surface area contributed by atoms with Crippen LogP contribution in [-0.2, 0) is 28.2 Å². The van der Waals surface area contributed by atoms with Crippen LogP contribution in [0.15, 0.2) is 60.8 Å². The number of unbranched alkanes of at least 4 members (excludes halogenated alkanes) is 11. The number of carbonyl (C=O) groups excluding carboxylic acids is 2. The monoisotopic (exact) mass is 682 g/mol. The highest BCUT2D eigenvalue weighted by atomic mass is 31.2. The Bertz CT molecular complexity index is 965. The van der Waals surface area contributed by atoms with Crippen LogP contribution in [0.1, 0.15) is 136 Å². The van der Waals surface area contributed by atoms with Gasteiger partial charge in [0.05, 0.1) is 12.7 Å². The first-order valence-electron chi connectivity index (χ1n) is 17.7. The third-order valence-electron chi connectivity index (χ3n) is 7.13. The number of esters is 2. The van der Waals surface area contributed by atoms with E-state index in [2.05, 4.69) is 23.6 Å². The number of aliphatic hydroxyl groups excluding tert-OH is 1. The van der Waals surface area contributed by atoms with Crippen LogP contribution in [0.4, 0.5) is 0 Å². The number of ether oxygens (including phenoxy) is 2. The highest BCUT2D eigenvalue weighted by molar-refractivity contribution is 7.46. The van der Waals surface area contributed by atoms with Gasteiger partial charge in [0, 0.05) is 12.8 Å². The van der Waals surface area contributed by atoms with Crippen molar-refractivity contribution in [2.45, 2.75) is 148 Å². The summed E-state index contributed by atoms with van der Waals surface area (Å²) in [5.41, 5.74) is 0. The molecular weight excluding hydrogens is 619 g/mol. The fourth-order valence-electron chi connectivity index (χ4n) is 4.49. The maximum atomic E-state index is 12.3. The largest absolute Gasteiger partial charge is 0.469 e. The van der Waals surface area contributed by atoms with Crippen molar-refractivity contribution in [1.29, 1.82) is 0 Å². The Hall–Kier alpha value is -2.29. The van der Waals surface area contributed by atoms with Crippen LogP contribution in [0.3, 0.4) is 0 Å². The molecule has 3 N–H and O–H groups in total. The van der Waals surface area contributed by atoms with Crippen LogP contribution >= 0.6 is 7.82 Å². The summed E-state index contributed by atoms with van der Waals surface area (Å²) in [6.07, 6.45) is 35.8. The first kappa shape index (κ1) is 44.7. The molecule has 2 atom stereocenters. The van der Waals surface area contributed by atoms with Crippen LogP contribution in [0.25, 0.3) is 0 Å². The molecule has 0 aliphatic rings. The number of allylic oxidation sites excluding steroid dienone is 8. The maximum absolute atomic E-state index is 12.3. The molecule has 0 aliphatic carbocycles. The van der Waals surface area contributed by atoms with Crippen LogP contribution in [0, 0.1) is 0 Å². The Labute approximate surface area is 284 Å². The minimum absolute atomic E-state index is 0.170. The van der Waals surface area contributed by atoms with Crippen molar-refractivity contribution >= 4 is 19.8 Å². The molecule has 0 rings (SSSR count). The number of phosphoric acid groups is 1. The molecule has 0 fully saturated rings. The van der Waals surface area contributed by atoms with E-state index in [4.69, 9.17) is 19.3 Å². The summed E-state index contributed by atoms with van der Waals surface area (Å²) in [6.45, 7) is 3.36. The quantitative estimate of drug-likeness (QED) is 0.0215. The molecule has 0 heterocycles. The van der Waals surface area contributed by atoms with E-state index in [0.717, 1.165) is 38.5 Å². The van der Waals surface area contributed by atoms with Crippen molar-refractivity contribution in [3.05, 3.63) is 60.8 Å². The van der Waals surface area contributed by atoms with Crippen molar-refractivity contribution in [3.8, 4) is 0 Å². The second-order valence-corrected chi connectivity index (χ2v) is 12.9. The van der Waals surface area contributed by atoms with Gasteiger partial charge in [-0.15, -0.1) is 0 Å². The minimum Gasteiger partial charge on any atom is -0.462 e. The number of hydrogen-bond acceptors (Lipinski definition) is 7. The van der Waals surface area contributed by atoms with Crippen LogP contribution in [0.5, 0.6) is 0 Å². The van der Waals surface area contributed by atoms with Gasteiger partial charge in [-0.3, -0.25) is 14.1 Å². The normalized spacial score (nSPS) is 13.9. The van der Waals surface area contributed by atoms with E-state index in [1.807, 2.05) is 55.5 Å². The molecule has 270 valence electrons. The molecule has 0 radical (unpaired) electrons. The lowest BCUT2D eigenvalue weighted by atomic mass is 10.1. The molecule has 1 unspecified atom stereocenters. The highest BCUT2D eigenvalue weighted by Crippen LogP contribution is 2.35. The van der Waals surface area contributed by atoms with E-state index < -0.39 is 38.6 Å². The predicted molar refractivity (Wildman–Crippen MR) is 190 cm³/mol. The summed E-state index contributed by atoms with van der Waals surface area (Å²) in [5, 5.41) is 9.72. The molecule has 0 bridgehead atoms. The van der Waals surface area contributed by atoms with E-state index in [0.29, 0.717) is 25.7 Å². The lowest BCUT2D eigenvalue weighted by molar-refractivity contribution is -0.161. The third-order valence-corrected chi connectivity index (χ3v) is 7.61. The first-order valence-corrected chi connectivity index (χ1v) is 19.2. The Morgan fingerprint density at radius 2 is 1.26 bits per heavy atom. The third kappa shape index (κ3) is 34.9. The van der Waals surface area contributed by atoms with Crippen LogP contribution < -0.4 is 0 Å². The van der Waals surface area contributed by atoms with E-state index in [9.17, 15) is 19.3 Å². The molecule has 0 saturated heterocycles. The van der Waals surface area contributed by atoms with Crippen molar-refractivity contribution in [1.82, 2.24) is 0 Å². The lowest BCUT2D eigenvalue weighted by Crippen LogP contribution is -2.29. The summed E-state index contributed by atoms with van der Waals surface area (Å²) in [6, 6.07) is 0. The fraction of sp³-hybridized carbons (Fsp3) is 0.676. The van der Waals surface area contributed by atoms with Crippen molar-refractivity contribution < 1.29 is 43.0 Å². The number of rotatable bonds is 31. The van der Waals surface area contributed by atoms with Gasteiger partial charge in [-0.1, -0.05) is 139 Å². The Morgan fingerprint density at radius 3 is 1.89 bits per heavy atom. The van der Waals surface area contributed by atoms with E-state index in [1.165, 1.54) is 44.9 Å². The highest BCUT2D eigenvalue weighted by Gasteiger charge is 2.22. The molecule has 0 saturated carbocycles. The fourth-order valence-corrected chi connectivity index (χ4v) is 4.85. The van der Waals surface area contributed by atoms with Gasteiger partial charge in [0.1, 0.15) is 6.61 Å². The van der Waals surface area contributed by atoms with Crippen molar-refractivity contribution in [3.63, 3.8) is 0 Å². The SMILES string of the molecule is CC/C=C\C(O)C/C=C/C=C\C/C=C\C/C=C\CCCC(=O)OC[C@H](COP(=O)(O)O)OC(=O)CCCCCCCCCCCCC. The molecule has 9 nitrogen and oxygen atoms in total. The average Bonchev–Trinajstić information content (AvgIpc) is 3.03. The summed E-state index contributed by atoms with van der Waals surface area (Å²) < 4.78 is 26.2. The standard InChI is InChI=1S/C37H63O9P/c1-3-5-7-8-9-10-13-18-21-24-27-31-37(40)46-35(33-45-47(41,42)43)32-44-36(39)30-26-23-20-17-15-12-11-14-16-19-22-25-29-34(38)28-6-4-2/h6,11-12,16-17,19-20,22,25,28,34-35,38H,3-5,7-10,13-15,18,21,23-24,26-27,29-33H2,1-2H3,(H2,41,42,43)/b12-11-,19-16-,20-17-,25-22+,28-6-/t34?,35-/m1/s1. The molecule has 47 heavy (non-hydrogen) atoms. The molecular formula is C37H63O9P. The molecule has 0 spiro atoms. The summed E-state index contributed by atoms with van der Waals surface area (Å²) in [7, 11) is -4.77. The van der Waals surface area contributed by atoms with E-state index >= 15 is 0 Å². The zero-order valence-corrected chi connectivity index (χ0v) is 29.9. The Balaban J connectivity index is 4.14. The van der Waals surface area contributed by atoms with Gasteiger partial charge < -0.3 is 24.4 Å². The van der Waals surface area contributed by atoms with Gasteiger partial charge in [0.15, 0.2) is 6.10 Å². The first-order chi connectivity index (χ1) is 22.7. The van der Waals surface area contributed by atoms with Crippen molar-refractivity contribution in [2.75, 3.05) is 13.2 Å². The number of phosphoric ester groups is 1. The summed E-state index contributed by atoms with van der Waals surface area (Å²) >= 11 is 0. The van der Waals surface area contributed by atoms with Gasteiger partial charge in [-0.05, 0) is 44.9 Å². The van der Waals surface area contributed by atoms with Crippen molar-refractivity contribution in [2.24, 2.45) is 0 Å². The maximum Gasteiger partial charge on any atom is 0.469 e. The molecule has 0 amide bonds. The second-order valence-electron chi connectivity index (χ2n) is 11.7. The smallest absolute Gasteiger partial charge is 0.462 e. The van der Waals surface area contributed by atoms with Gasteiger partial charge >= 0.3 is 19.8 Å². The summed E-state index contributed by atoms with van der Waals surface area (Å²) in [5.74, 6) is -0.983. The molecule has 0 aromatic heterocycles. The molecule has 0 aromatic rings. The zero-order valence-electron chi connectivity index (χ0n) is 29.0. The van der Waals surface area contributed by atoms with Gasteiger partial charge in [-0.25, -0.2) is 4.57 Å². The van der Waals surface area contributed by atoms with Crippen LogP contribution in [-0.4, -0.2) is 52.3 Å². The Kier molecular flexibility index (Phi) is 30.7. The van der Waals surface area contributed by atoms with E-state index in [1.54, 1.807) is 0 Å². The number of hydrogen-bond donors (Lipinski definition) is 3. The van der Waals surface area contributed by atoms with Crippen LogP contribution in [0.2, 0.25) is 0 Å². The number of carbonyl (C=O) groups is 2. The zero-order chi connectivity index (χ0) is 34.9. The molecule has 0 aliphatic heterocycles. The van der Waals surface area contributed by atoms with Gasteiger partial charge in [-0.2, -0.15) is 0 Å². The lowest BCUT2D eigenvalue weighted by Gasteiger charge is -2.18. The molecule has 10 heteroatoms. The van der Waals surface area contributed by atoms with Gasteiger partial charge in [0.2, 0.25) is 0 Å². The second kappa shape index (κ2) is 32.3. The predicted octanol–water partition coefficient (Wildman–Crippen LogP) is 9.14. The summed E-state index contributed by atoms with van der Waals surface area (Å²) in [4.78, 5) is 42.5. The van der Waals surface area contributed by atoms with Gasteiger partial charge in [0.25, 0.3) is 0 Å². The minimum atomic E-state index is -4.77. The van der Waals surface area contributed by atoms with E-state index in [-0.39, 0.29) is 19.4 Å². The Morgan fingerprint density at radius 1 is 0.681 bits per heavy atom. The number of aliphatic hydroxyl groups is 1. The molecule has 0 aromatic carbocycles. The average molecular weight is 683 g/mol.